The number of nitrogens with zero attached hydrogens (tertiary/aromatic N) is 1. The highest BCUT2D eigenvalue weighted by atomic mass is 79.9. The van der Waals surface area contributed by atoms with Crippen molar-refractivity contribution < 1.29 is 14.3 Å². The molecule has 1 aliphatic heterocycles. The van der Waals surface area contributed by atoms with E-state index in [4.69, 9.17) is 0 Å². The number of hydrogen-bond acceptors (Lipinski definition) is 4. The largest absolute Gasteiger partial charge is 0.469 e. The number of esters is 1. The van der Waals surface area contributed by atoms with Gasteiger partial charge in [0.25, 0.3) is 0 Å². The summed E-state index contributed by atoms with van der Waals surface area (Å²) in [5.74, 6) is 0.239. The molecule has 0 aromatic heterocycles. The number of halogens is 1. The maximum atomic E-state index is 11.9. The molecule has 0 bridgehead atoms. The van der Waals surface area contributed by atoms with Gasteiger partial charge in [0, 0.05) is 11.0 Å². The lowest BCUT2D eigenvalue weighted by molar-refractivity contribution is -0.141. The Hall–Kier alpha value is -1.01. The second-order valence-corrected chi connectivity index (χ2v) is 6.11. The molecule has 0 unspecified atom stereocenters. The van der Waals surface area contributed by atoms with Gasteiger partial charge >= 0.3 is 5.97 Å². The third-order valence-electron chi connectivity index (χ3n) is 2.91. The quantitative estimate of drug-likeness (QED) is 0.788. The van der Waals surface area contributed by atoms with Crippen molar-refractivity contribution in [1.82, 2.24) is 4.90 Å². The topological polar surface area (TPSA) is 46.6 Å². The molecule has 19 heavy (non-hydrogen) atoms. The van der Waals surface area contributed by atoms with E-state index in [-0.39, 0.29) is 23.7 Å². The van der Waals surface area contributed by atoms with Crippen molar-refractivity contribution in [2.45, 2.75) is 11.8 Å². The van der Waals surface area contributed by atoms with E-state index < -0.39 is 0 Å². The lowest BCUT2D eigenvalue weighted by Crippen LogP contribution is -2.30. The molecular weight excluding hydrogens is 330 g/mol. The molecule has 0 radical (unpaired) electrons. The first kappa shape index (κ1) is 14.4. The molecular formula is C13H14BrNO3S. The van der Waals surface area contributed by atoms with Gasteiger partial charge in [0.05, 0.1) is 19.3 Å². The van der Waals surface area contributed by atoms with Crippen molar-refractivity contribution >= 4 is 39.6 Å². The maximum absolute atomic E-state index is 11.9. The molecule has 0 N–H and O–H groups in total. The van der Waals surface area contributed by atoms with Crippen LogP contribution in [0.5, 0.6) is 0 Å². The molecule has 1 amide bonds. The summed E-state index contributed by atoms with van der Waals surface area (Å²) in [6.45, 7) is 0.402. The van der Waals surface area contributed by atoms with E-state index in [9.17, 15) is 9.59 Å². The summed E-state index contributed by atoms with van der Waals surface area (Å²) in [5, 5.41) is -0.00902. The normalized spacial score (nSPS) is 18.7. The van der Waals surface area contributed by atoms with Gasteiger partial charge in [-0.3, -0.25) is 9.59 Å². The summed E-state index contributed by atoms with van der Waals surface area (Å²) in [6.07, 6.45) is 0.232. The van der Waals surface area contributed by atoms with E-state index in [0.717, 1.165) is 10.0 Å². The number of rotatable bonds is 4. The third kappa shape index (κ3) is 3.51. The number of ether oxygens (including phenoxy) is 1. The monoisotopic (exact) mass is 343 g/mol. The van der Waals surface area contributed by atoms with Crippen LogP contribution in [0.15, 0.2) is 28.7 Å². The number of hydrogen-bond donors (Lipinski definition) is 0. The Labute approximate surface area is 124 Å². The van der Waals surface area contributed by atoms with Crippen molar-refractivity contribution in [3.05, 3.63) is 34.3 Å². The van der Waals surface area contributed by atoms with Crippen LogP contribution in [-0.4, -0.2) is 36.2 Å². The van der Waals surface area contributed by atoms with Crippen LogP contribution in [0.1, 0.15) is 17.4 Å². The van der Waals surface area contributed by atoms with Crippen molar-refractivity contribution in [3.8, 4) is 0 Å². The van der Waals surface area contributed by atoms with Crippen LogP contribution in [0, 0.1) is 0 Å². The Morgan fingerprint density at radius 1 is 1.47 bits per heavy atom. The van der Waals surface area contributed by atoms with Gasteiger partial charge in [-0.05, 0) is 17.7 Å². The molecule has 2 rings (SSSR count). The summed E-state index contributed by atoms with van der Waals surface area (Å²) in [5.41, 5.74) is 1.07. The van der Waals surface area contributed by atoms with Gasteiger partial charge < -0.3 is 9.64 Å². The Kier molecular flexibility index (Phi) is 4.87. The average Bonchev–Trinajstić information content (AvgIpc) is 2.78. The van der Waals surface area contributed by atoms with E-state index in [1.54, 1.807) is 16.7 Å². The molecule has 0 spiro atoms. The fourth-order valence-electron chi connectivity index (χ4n) is 1.91. The molecule has 1 aliphatic rings. The minimum atomic E-state index is -0.292. The second kappa shape index (κ2) is 6.43. The number of benzene rings is 1. The van der Waals surface area contributed by atoms with Gasteiger partial charge in [-0.1, -0.05) is 28.1 Å². The van der Waals surface area contributed by atoms with Crippen LogP contribution in [0.2, 0.25) is 0 Å². The number of carbonyl (C=O) groups excluding carboxylic acids is 2. The molecule has 1 aromatic carbocycles. The lowest BCUT2D eigenvalue weighted by Gasteiger charge is -2.23. The van der Waals surface area contributed by atoms with Crippen molar-refractivity contribution in [2.75, 3.05) is 19.4 Å². The summed E-state index contributed by atoms with van der Waals surface area (Å²) in [4.78, 5) is 24.8. The molecule has 1 aromatic rings. The zero-order chi connectivity index (χ0) is 13.8. The Morgan fingerprint density at radius 3 is 2.79 bits per heavy atom. The standard InChI is InChI=1S/C13H14BrNO3S/c1-18-12(17)6-7-15-11(16)8-19-13(15)9-2-4-10(14)5-3-9/h2-5,13H,6-8H2,1H3/t13-/m0/s1. The molecule has 1 atom stereocenters. The summed E-state index contributed by atoms with van der Waals surface area (Å²) < 4.78 is 5.62. The SMILES string of the molecule is COC(=O)CCN1C(=O)CS[C@H]1c1ccc(Br)cc1. The van der Waals surface area contributed by atoms with Crippen LogP contribution in [0.25, 0.3) is 0 Å². The van der Waals surface area contributed by atoms with E-state index in [1.165, 1.54) is 7.11 Å². The highest BCUT2D eigenvalue weighted by Gasteiger charge is 2.32. The van der Waals surface area contributed by atoms with E-state index in [1.807, 2.05) is 24.3 Å². The molecule has 1 heterocycles. The first-order chi connectivity index (χ1) is 9.11. The van der Waals surface area contributed by atoms with E-state index in [0.29, 0.717) is 12.3 Å². The summed E-state index contributed by atoms with van der Waals surface area (Å²) >= 11 is 4.98. The highest BCUT2D eigenvalue weighted by molar-refractivity contribution is 9.10. The lowest BCUT2D eigenvalue weighted by atomic mass is 10.2. The average molecular weight is 344 g/mol. The van der Waals surface area contributed by atoms with Crippen LogP contribution < -0.4 is 0 Å². The molecule has 6 heteroatoms. The maximum Gasteiger partial charge on any atom is 0.307 e. The van der Waals surface area contributed by atoms with Gasteiger partial charge in [0.1, 0.15) is 5.37 Å². The van der Waals surface area contributed by atoms with Crippen LogP contribution in [-0.2, 0) is 14.3 Å². The third-order valence-corrected chi connectivity index (χ3v) is 4.69. The van der Waals surface area contributed by atoms with E-state index >= 15 is 0 Å². The van der Waals surface area contributed by atoms with Crippen molar-refractivity contribution in [3.63, 3.8) is 0 Å². The summed E-state index contributed by atoms with van der Waals surface area (Å²) in [6, 6.07) is 7.89. The van der Waals surface area contributed by atoms with Crippen LogP contribution in [0.4, 0.5) is 0 Å². The molecule has 1 saturated heterocycles. The Bertz CT molecular complexity index is 477. The fourth-order valence-corrected chi connectivity index (χ4v) is 3.40. The van der Waals surface area contributed by atoms with Gasteiger partial charge in [-0.15, -0.1) is 11.8 Å². The van der Waals surface area contributed by atoms with Crippen molar-refractivity contribution in [2.24, 2.45) is 0 Å². The van der Waals surface area contributed by atoms with Crippen LogP contribution in [0.3, 0.4) is 0 Å². The molecule has 0 aliphatic carbocycles. The number of thioether (sulfide) groups is 1. The van der Waals surface area contributed by atoms with Crippen molar-refractivity contribution in [1.29, 1.82) is 0 Å². The molecule has 4 nitrogen and oxygen atoms in total. The zero-order valence-corrected chi connectivity index (χ0v) is 12.9. The summed E-state index contributed by atoms with van der Waals surface area (Å²) in [7, 11) is 1.36. The molecule has 102 valence electrons. The zero-order valence-electron chi connectivity index (χ0n) is 10.5. The van der Waals surface area contributed by atoms with Gasteiger partial charge in [-0.2, -0.15) is 0 Å². The Morgan fingerprint density at radius 2 is 2.16 bits per heavy atom. The van der Waals surface area contributed by atoms with Crippen LogP contribution >= 0.6 is 27.7 Å². The predicted molar refractivity (Wildman–Crippen MR) is 77.7 cm³/mol. The first-order valence-electron chi connectivity index (χ1n) is 5.85. The number of amides is 1. The van der Waals surface area contributed by atoms with Gasteiger partial charge in [0.2, 0.25) is 5.91 Å². The van der Waals surface area contributed by atoms with Gasteiger partial charge in [0.15, 0.2) is 0 Å². The highest BCUT2D eigenvalue weighted by Crippen LogP contribution is 2.38. The molecule has 1 fully saturated rings. The second-order valence-electron chi connectivity index (χ2n) is 4.13. The smallest absolute Gasteiger partial charge is 0.307 e. The number of methoxy groups -OCH3 is 1. The van der Waals surface area contributed by atoms with E-state index in [2.05, 4.69) is 20.7 Å². The minimum Gasteiger partial charge on any atom is -0.469 e. The predicted octanol–water partition coefficient (Wildman–Crippen LogP) is 2.59. The molecule has 0 saturated carbocycles. The first-order valence-corrected chi connectivity index (χ1v) is 7.69. The fraction of sp³-hybridized carbons (Fsp3) is 0.385. The van der Waals surface area contributed by atoms with Gasteiger partial charge in [-0.25, -0.2) is 0 Å². The number of carbonyl (C=O) groups is 2. The minimum absolute atomic E-state index is 0.00902. The Balaban J connectivity index is 2.08.